The number of carbonyl (C=O) groups is 1. The van der Waals surface area contributed by atoms with E-state index in [9.17, 15) is 22.1 Å². The lowest BCUT2D eigenvalue weighted by atomic mass is 9.81. The second-order valence-electron chi connectivity index (χ2n) is 7.37. The fourth-order valence-electron chi connectivity index (χ4n) is 3.65. The fourth-order valence-corrected chi connectivity index (χ4v) is 4.32. The molecule has 4 aromatic carbocycles. The number of hydrogen-bond donors (Lipinski definition) is 0. The molecule has 0 radical (unpaired) electrons. The highest BCUT2D eigenvalue weighted by Crippen LogP contribution is 2.43. The summed E-state index contributed by atoms with van der Waals surface area (Å²) < 4.78 is 39.0. The van der Waals surface area contributed by atoms with E-state index in [0.29, 0.717) is 0 Å². The van der Waals surface area contributed by atoms with Crippen molar-refractivity contribution in [2.24, 2.45) is 0 Å². The van der Waals surface area contributed by atoms with Crippen LogP contribution < -0.4 is 0 Å². The average molecular weight is 468 g/mol. The molecule has 0 N–H and O–H groups in total. The standard InChI is InChI=1S/C26H21OP.BF4/c27-25(24-19-11-10-18-23(24)20-12-4-1-5-13-20)26(28,21-14-6-2-7-15-21)22-16-8-3-9-17-22;2-1(3,4)5/h1-19H,28H2;/q;-1/p+1. The Morgan fingerprint density at radius 2 is 0.970 bits per heavy atom. The minimum atomic E-state index is -6.00. The summed E-state index contributed by atoms with van der Waals surface area (Å²) in [4.78, 5) is 14.1. The number of rotatable bonds is 5. The molecule has 0 bridgehead atoms. The number of Topliss-reactive ketones (excluding diaryl/α,β-unsaturated/α-hetero) is 1. The molecule has 0 spiro atoms. The maximum atomic E-state index is 14.1. The molecule has 0 saturated carbocycles. The van der Waals surface area contributed by atoms with Crippen molar-refractivity contribution in [1.82, 2.24) is 0 Å². The molecule has 0 saturated heterocycles. The Bertz CT molecular complexity index is 1140. The molecule has 0 aliphatic heterocycles. The van der Waals surface area contributed by atoms with Crippen LogP contribution in [0.15, 0.2) is 115 Å². The van der Waals surface area contributed by atoms with Crippen molar-refractivity contribution in [2.45, 2.75) is 5.16 Å². The quantitative estimate of drug-likeness (QED) is 0.129. The van der Waals surface area contributed by atoms with E-state index in [2.05, 4.69) is 12.1 Å². The average Bonchev–Trinajstić information content (AvgIpc) is 2.84. The van der Waals surface area contributed by atoms with Gasteiger partial charge in [-0.25, -0.2) is 0 Å². The van der Waals surface area contributed by atoms with Crippen LogP contribution in [0.4, 0.5) is 17.3 Å². The van der Waals surface area contributed by atoms with Gasteiger partial charge in [-0.05, 0) is 20.4 Å². The summed E-state index contributed by atoms with van der Waals surface area (Å²) >= 11 is 0. The van der Waals surface area contributed by atoms with Crippen molar-refractivity contribution < 1.29 is 22.1 Å². The molecule has 0 fully saturated rings. The Morgan fingerprint density at radius 3 is 1.42 bits per heavy atom. The molecule has 33 heavy (non-hydrogen) atoms. The van der Waals surface area contributed by atoms with Gasteiger partial charge in [0.15, 0.2) is 5.16 Å². The van der Waals surface area contributed by atoms with Gasteiger partial charge >= 0.3 is 7.25 Å². The molecule has 168 valence electrons. The van der Waals surface area contributed by atoms with Crippen LogP contribution in [0.3, 0.4) is 0 Å². The fraction of sp³-hybridized carbons (Fsp3) is 0.0385. The second kappa shape index (κ2) is 10.6. The summed E-state index contributed by atoms with van der Waals surface area (Å²) in [7, 11) is -4.24. The zero-order valence-electron chi connectivity index (χ0n) is 17.7. The van der Waals surface area contributed by atoms with Gasteiger partial charge in [-0.2, -0.15) is 0 Å². The van der Waals surface area contributed by atoms with Crippen molar-refractivity contribution in [3.63, 3.8) is 0 Å². The van der Waals surface area contributed by atoms with Crippen LogP contribution in [0.1, 0.15) is 21.5 Å². The number of benzene rings is 4. The van der Waals surface area contributed by atoms with Crippen LogP contribution in [0.5, 0.6) is 0 Å². The maximum absolute atomic E-state index is 14.1. The van der Waals surface area contributed by atoms with Crippen molar-refractivity contribution >= 4 is 22.3 Å². The highest BCUT2D eigenvalue weighted by atomic mass is 31.0. The Kier molecular flexibility index (Phi) is 7.83. The predicted octanol–water partition coefficient (Wildman–Crippen LogP) is 7.39. The van der Waals surface area contributed by atoms with E-state index in [-0.39, 0.29) is 5.78 Å². The monoisotopic (exact) mass is 468 g/mol. The highest BCUT2D eigenvalue weighted by Gasteiger charge is 2.43. The summed E-state index contributed by atoms with van der Waals surface area (Å²) in [5, 5.41) is -0.743. The molecule has 0 aliphatic rings. The largest absolute Gasteiger partial charge is 0.673 e. The molecule has 4 rings (SSSR count). The second-order valence-corrected chi connectivity index (χ2v) is 8.43. The Hall–Kier alpha value is -3.24. The lowest BCUT2D eigenvalue weighted by Gasteiger charge is -2.26. The van der Waals surface area contributed by atoms with Crippen LogP contribution >= 0.6 is 9.24 Å². The van der Waals surface area contributed by atoms with Gasteiger partial charge in [-0.15, -0.1) is 0 Å². The van der Waals surface area contributed by atoms with E-state index in [1.165, 1.54) is 0 Å². The van der Waals surface area contributed by atoms with Gasteiger partial charge in [0, 0.05) is 16.7 Å². The summed E-state index contributed by atoms with van der Waals surface area (Å²) in [5.41, 5.74) is 4.78. The molecular formula is C26H22BF4OP. The zero-order valence-corrected chi connectivity index (χ0v) is 19.1. The third kappa shape index (κ3) is 6.18. The molecule has 0 amide bonds. The van der Waals surface area contributed by atoms with Crippen molar-refractivity contribution in [3.8, 4) is 11.1 Å². The summed E-state index contributed by atoms with van der Waals surface area (Å²) in [6.45, 7) is 0. The molecule has 0 aromatic heterocycles. The maximum Gasteiger partial charge on any atom is 0.673 e. The third-order valence-corrected chi connectivity index (χ3v) is 6.31. The van der Waals surface area contributed by atoms with Gasteiger partial charge < -0.3 is 17.3 Å². The van der Waals surface area contributed by atoms with Gasteiger partial charge in [0.05, 0.1) is 0 Å². The first-order chi connectivity index (χ1) is 15.7. The number of ketones is 1. The first kappa shape index (κ1) is 24.4. The minimum Gasteiger partial charge on any atom is -0.418 e. The van der Waals surface area contributed by atoms with Gasteiger partial charge in [0.2, 0.25) is 5.78 Å². The minimum absolute atomic E-state index is 0.114. The van der Waals surface area contributed by atoms with Crippen LogP contribution in [0.2, 0.25) is 0 Å². The molecule has 1 atom stereocenters. The van der Waals surface area contributed by atoms with E-state index in [1.807, 2.05) is 103 Å². The van der Waals surface area contributed by atoms with Crippen LogP contribution in [-0.4, -0.2) is 13.0 Å². The first-order valence-electron chi connectivity index (χ1n) is 10.2. The van der Waals surface area contributed by atoms with Crippen LogP contribution in [0.25, 0.3) is 11.1 Å². The smallest absolute Gasteiger partial charge is 0.418 e. The van der Waals surface area contributed by atoms with Gasteiger partial charge in [0.1, 0.15) is 0 Å². The van der Waals surface area contributed by atoms with Crippen molar-refractivity contribution in [2.75, 3.05) is 0 Å². The van der Waals surface area contributed by atoms with E-state index in [4.69, 9.17) is 0 Å². The summed E-state index contributed by atoms with van der Waals surface area (Å²) in [6.07, 6.45) is 0. The molecule has 4 aromatic rings. The summed E-state index contributed by atoms with van der Waals surface area (Å²) in [5.74, 6) is 0.114. The lowest BCUT2D eigenvalue weighted by molar-refractivity contribution is 0.0959. The molecule has 0 heterocycles. The Labute approximate surface area is 192 Å². The molecular weight excluding hydrogens is 446 g/mol. The molecule has 7 heteroatoms. The number of halogens is 4. The van der Waals surface area contributed by atoms with Crippen LogP contribution in [-0.2, 0) is 5.16 Å². The van der Waals surface area contributed by atoms with Crippen molar-refractivity contribution in [3.05, 3.63) is 132 Å². The van der Waals surface area contributed by atoms with E-state index in [1.54, 1.807) is 9.24 Å². The number of hydrogen-bond acceptors (Lipinski definition) is 1. The lowest BCUT2D eigenvalue weighted by Crippen LogP contribution is -2.31. The zero-order chi connectivity index (χ0) is 23.9. The Morgan fingerprint density at radius 1 is 0.606 bits per heavy atom. The number of carbonyl (C=O) groups excluding carboxylic acids is 1. The van der Waals surface area contributed by atoms with E-state index < -0.39 is 12.4 Å². The van der Waals surface area contributed by atoms with Gasteiger partial charge in [-0.3, -0.25) is 4.79 Å². The SMILES string of the molecule is F[B-](F)(F)F.O=C(c1ccccc1-c1ccccc1)C([PH3+])(c1ccccc1)c1ccccc1. The van der Waals surface area contributed by atoms with Gasteiger partial charge in [0.25, 0.3) is 0 Å². The summed E-state index contributed by atoms with van der Waals surface area (Å²) in [6, 6.07) is 38.2. The molecule has 1 nitrogen and oxygen atoms in total. The Balaban J connectivity index is 0.000000555. The topological polar surface area (TPSA) is 17.1 Å². The molecule has 1 unspecified atom stereocenters. The van der Waals surface area contributed by atoms with E-state index in [0.717, 1.165) is 27.8 Å². The first-order valence-corrected chi connectivity index (χ1v) is 10.9. The normalized spacial score (nSPS) is 11.4. The van der Waals surface area contributed by atoms with Crippen LogP contribution in [0, 0.1) is 0 Å². The van der Waals surface area contributed by atoms with E-state index >= 15 is 0 Å². The van der Waals surface area contributed by atoms with Crippen molar-refractivity contribution in [1.29, 1.82) is 0 Å². The third-order valence-electron chi connectivity index (χ3n) is 5.18. The van der Waals surface area contributed by atoms with Gasteiger partial charge in [-0.1, -0.05) is 115 Å². The predicted molar refractivity (Wildman–Crippen MR) is 131 cm³/mol. The highest BCUT2D eigenvalue weighted by molar-refractivity contribution is 7.21. The molecule has 0 aliphatic carbocycles.